The average molecular weight is 219 g/mol. The fraction of sp³-hybridized carbons (Fsp3) is 0. The minimum atomic E-state index is -0.566. The Balaban J connectivity index is 2.24. The maximum atomic E-state index is 10.8. The first-order valence-corrected chi connectivity index (χ1v) is 5.06. The second kappa shape index (κ2) is 3.03. The topological polar surface area (TPSA) is 71.8 Å². The standard InChI is InChI=1S/C9H5N3O2S/c13-9-12-11-7(14-9)8-10-5-3-1-2-4-6(5)15-8/h1-4H,(H,12,13). The molecule has 0 radical (unpaired) electrons. The fourth-order valence-electron chi connectivity index (χ4n) is 1.29. The predicted octanol–water partition coefficient (Wildman–Crippen LogP) is 1.64. The lowest BCUT2D eigenvalue weighted by Gasteiger charge is -1.80. The van der Waals surface area contributed by atoms with Gasteiger partial charge >= 0.3 is 5.76 Å². The number of aromatic nitrogens is 3. The molecule has 1 N–H and O–H groups in total. The maximum absolute atomic E-state index is 10.8. The number of thiazole rings is 1. The average Bonchev–Trinajstić information content (AvgIpc) is 2.82. The van der Waals surface area contributed by atoms with Crippen LogP contribution in [0.3, 0.4) is 0 Å². The molecular formula is C9H5N3O2S. The summed E-state index contributed by atoms with van der Waals surface area (Å²) in [6, 6.07) is 7.71. The van der Waals surface area contributed by atoms with Gasteiger partial charge in [-0.25, -0.2) is 14.9 Å². The van der Waals surface area contributed by atoms with Crippen LogP contribution in [0.25, 0.3) is 21.1 Å². The van der Waals surface area contributed by atoms with E-state index >= 15 is 0 Å². The molecule has 3 aromatic rings. The second-order valence-corrected chi connectivity index (χ2v) is 3.94. The van der Waals surface area contributed by atoms with Gasteiger partial charge in [0, 0.05) is 0 Å². The van der Waals surface area contributed by atoms with Crippen molar-refractivity contribution in [1.29, 1.82) is 0 Å². The molecule has 0 amide bonds. The van der Waals surface area contributed by atoms with Gasteiger partial charge in [0.05, 0.1) is 10.2 Å². The van der Waals surface area contributed by atoms with Gasteiger partial charge in [0.2, 0.25) is 0 Å². The van der Waals surface area contributed by atoms with Crippen LogP contribution in [0.1, 0.15) is 0 Å². The number of aromatic amines is 1. The summed E-state index contributed by atoms with van der Waals surface area (Å²) in [6.07, 6.45) is 0. The summed E-state index contributed by atoms with van der Waals surface area (Å²) >= 11 is 1.44. The number of rotatable bonds is 1. The van der Waals surface area contributed by atoms with Crippen LogP contribution in [-0.2, 0) is 0 Å². The van der Waals surface area contributed by atoms with Gasteiger partial charge in [0.1, 0.15) is 0 Å². The van der Waals surface area contributed by atoms with Gasteiger partial charge in [-0.15, -0.1) is 16.4 Å². The number of hydrogen-bond acceptors (Lipinski definition) is 5. The molecule has 0 unspecified atom stereocenters. The second-order valence-electron chi connectivity index (χ2n) is 2.91. The Kier molecular flexibility index (Phi) is 1.69. The molecule has 2 heterocycles. The number of H-pyrrole nitrogens is 1. The van der Waals surface area contributed by atoms with Gasteiger partial charge in [-0.05, 0) is 12.1 Å². The monoisotopic (exact) mass is 219 g/mol. The highest BCUT2D eigenvalue weighted by molar-refractivity contribution is 7.21. The molecular weight excluding hydrogens is 214 g/mol. The maximum Gasteiger partial charge on any atom is 0.434 e. The van der Waals surface area contributed by atoms with Gasteiger partial charge in [-0.1, -0.05) is 12.1 Å². The molecule has 0 atom stereocenters. The first-order chi connectivity index (χ1) is 7.33. The summed E-state index contributed by atoms with van der Waals surface area (Å²) in [5.74, 6) is -0.328. The Bertz CT molecular complexity index is 634. The largest absolute Gasteiger partial charge is 0.434 e. The number of para-hydroxylation sites is 1. The lowest BCUT2D eigenvalue weighted by atomic mass is 10.3. The van der Waals surface area contributed by atoms with Crippen LogP contribution in [0, 0.1) is 0 Å². The van der Waals surface area contributed by atoms with E-state index in [1.54, 1.807) is 0 Å². The van der Waals surface area contributed by atoms with E-state index in [9.17, 15) is 4.79 Å². The third-order valence-corrected chi connectivity index (χ3v) is 2.94. The van der Waals surface area contributed by atoms with E-state index in [1.807, 2.05) is 24.3 Å². The summed E-state index contributed by atoms with van der Waals surface area (Å²) in [4.78, 5) is 15.1. The summed E-state index contributed by atoms with van der Waals surface area (Å²) in [5.41, 5.74) is 0.878. The van der Waals surface area contributed by atoms with E-state index in [0.29, 0.717) is 5.01 Å². The van der Waals surface area contributed by atoms with Crippen LogP contribution < -0.4 is 5.76 Å². The molecule has 0 spiro atoms. The van der Waals surface area contributed by atoms with Gasteiger partial charge in [-0.2, -0.15) is 0 Å². The summed E-state index contributed by atoms with van der Waals surface area (Å²) in [6.45, 7) is 0. The minimum Gasteiger partial charge on any atom is -0.385 e. The minimum absolute atomic E-state index is 0.237. The quantitative estimate of drug-likeness (QED) is 0.675. The van der Waals surface area contributed by atoms with Crippen molar-refractivity contribution in [2.75, 3.05) is 0 Å². The molecule has 0 saturated heterocycles. The fourth-order valence-corrected chi connectivity index (χ4v) is 2.18. The molecule has 74 valence electrons. The molecule has 6 heteroatoms. The Labute approximate surface area is 87.4 Å². The summed E-state index contributed by atoms with van der Waals surface area (Å²) in [7, 11) is 0. The van der Waals surface area contributed by atoms with Gasteiger partial charge in [-0.3, -0.25) is 0 Å². The third kappa shape index (κ3) is 1.35. The van der Waals surface area contributed by atoms with Crippen LogP contribution in [0.4, 0.5) is 0 Å². The van der Waals surface area contributed by atoms with E-state index in [1.165, 1.54) is 11.3 Å². The van der Waals surface area contributed by atoms with Crippen molar-refractivity contribution in [3.63, 3.8) is 0 Å². The van der Waals surface area contributed by atoms with Gasteiger partial charge in [0.15, 0.2) is 5.01 Å². The SMILES string of the molecule is O=c1[nH]nc(-c2nc3ccccc3s2)o1. The van der Waals surface area contributed by atoms with E-state index in [-0.39, 0.29) is 5.89 Å². The first kappa shape index (κ1) is 8.37. The molecule has 1 aromatic carbocycles. The molecule has 0 bridgehead atoms. The zero-order chi connectivity index (χ0) is 10.3. The first-order valence-electron chi connectivity index (χ1n) is 4.24. The zero-order valence-corrected chi connectivity index (χ0v) is 8.25. The molecule has 2 aromatic heterocycles. The van der Waals surface area contributed by atoms with Crippen molar-refractivity contribution >= 4 is 21.6 Å². The Morgan fingerprint density at radius 1 is 1.33 bits per heavy atom. The highest BCUT2D eigenvalue weighted by Gasteiger charge is 2.10. The van der Waals surface area contributed by atoms with E-state index in [0.717, 1.165) is 10.2 Å². The molecule has 15 heavy (non-hydrogen) atoms. The molecule has 0 aliphatic rings. The smallest absolute Gasteiger partial charge is 0.385 e. The lowest BCUT2D eigenvalue weighted by Crippen LogP contribution is -1.93. The highest BCUT2D eigenvalue weighted by atomic mass is 32.1. The number of nitrogens with one attached hydrogen (secondary N) is 1. The van der Waals surface area contributed by atoms with Crippen molar-refractivity contribution in [2.45, 2.75) is 0 Å². The molecule has 0 aliphatic carbocycles. The number of benzene rings is 1. The molecule has 0 saturated carbocycles. The predicted molar refractivity (Wildman–Crippen MR) is 55.7 cm³/mol. The van der Waals surface area contributed by atoms with Crippen molar-refractivity contribution in [2.24, 2.45) is 0 Å². The Hall–Kier alpha value is -1.95. The molecule has 0 aliphatic heterocycles. The van der Waals surface area contributed by atoms with Gasteiger partial charge in [0.25, 0.3) is 5.89 Å². The summed E-state index contributed by atoms with van der Waals surface area (Å²) < 4.78 is 5.86. The number of nitrogens with zero attached hydrogens (tertiary/aromatic N) is 2. The van der Waals surface area contributed by atoms with Crippen molar-refractivity contribution in [3.8, 4) is 10.9 Å². The third-order valence-electron chi connectivity index (χ3n) is 1.91. The molecule has 3 rings (SSSR count). The van der Waals surface area contributed by atoms with Crippen LogP contribution in [0.5, 0.6) is 0 Å². The molecule has 5 nitrogen and oxygen atoms in total. The van der Waals surface area contributed by atoms with Crippen LogP contribution >= 0.6 is 11.3 Å². The van der Waals surface area contributed by atoms with Crippen molar-refractivity contribution in [3.05, 3.63) is 34.8 Å². The van der Waals surface area contributed by atoms with Crippen LogP contribution in [0.15, 0.2) is 33.5 Å². The van der Waals surface area contributed by atoms with E-state index < -0.39 is 5.76 Å². The van der Waals surface area contributed by atoms with Crippen LogP contribution in [-0.4, -0.2) is 15.2 Å². The highest BCUT2D eigenvalue weighted by Crippen LogP contribution is 2.27. The van der Waals surface area contributed by atoms with Crippen molar-refractivity contribution in [1.82, 2.24) is 15.2 Å². The van der Waals surface area contributed by atoms with Gasteiger partial charge < -0.3 is 4.42 Å². The normalized spacial score (nSPS) is 10.9. The Morgan fingerprint density at radius 3 is 2.93 bits per heavy atom. The number of hydrogen-bond donors (Lipinski definition) is 1. The van der Waals surface area contributed by atoms with Crippen molar-refractivity contribution < 1.29 is 4.42 Å². The van der Waals surface area contributed by atoms with E-state index in [2.05, 4.69) is 15.2 Å². The molecule has 0 fully saturated rings. The summed E-state index contributed by atoms with van der Waals surface area (Å²) in [5, 5.41) is 6.54. The van der Waals surface area contributed by atoms with Crippen LogP contribution in [0.2, 0.25) is 0 Å². The lowest BCUT2D eigenvalue weighted by molar-refractivity contribution is 0.526. The zero-order valence-electron chi connectivity index (χ0n) is 7.43. The number of fused-ring (bicyclic) bond motifs is 1. The Morgan fingerprint density at radius 2 is 2.20 bits per heavy atom. The van der Waals surface area contributed by atoms with E-state index in [4.69, 9.17) is 4.42 Å².